The molecule has 0 aliphatic heterocycles. The van der Waals surface area contributed by atoms with Crippen molar-refractivity contribution in [1.82, 2.24) is 14.9 Å². The average molecular weight is 408 g/mol. The minimum Gasteiger partial charge on any atom is -0.492 e. The van der Waals surface area contributed by atoms with Crippen LogP contribution >= 0.6 is 0 Å². The number of nitrogens with zero attached hydrogens (tertiary/aromatic N) is 2. The first-order valence-electron chi connectivity index (χ1n) is 10.9. The summed E-state index contributed by atoms with van der Waals surface area (Å²) in [5.41, 5.74) is 4.37. The average Bonchev–Trinajstić information content (AvgIpc) is 3.07. The van der Waals surface area contributed by atoms with E-state index < -0.39 is 0 Å². The zero-order valence-corrected chi connectivity index (χ0v) is 18.7. The predicted octanol–water partition coefficient (Wildman–Crippen LogP) is 5.35. The first-order chi connectivity index (χ1) is 14.4. The van der Waals surface area contributed by atoms with Crippen LogP contribution in [0.5, 0.6) is 5.75 Å². The van der Waals surface area contributed by atoms with Crippen molar-refractivity contribution >= 4 is 16.9 Å². The standard InChI is InChI=1S/C25H33N3O2/c1-6-20(7-2)25(29)26-19(5)24-27-22-10-8-9-11-23(22)28(24)12-13-30-21-15-17(3)14-18(4)16-21/h8-11,14-16,19-20H,6-7,12-13H2,1-5H3,(H,26,29). The van der Waals surface area contributed by atoms with Gasteiger partial charge >= 0.3 is 0 Å². The Labute approximate surface area is 179 Å². The van der Waals surface area contributed by atoms with Crippen molar-refractivity contribution in [3.8, 4) is 5.75 Å². The van der Waals surface area contributed by atoms with Crippen LogP contribution < -0.4 is 10.1 Å². The topological polar surface area (TPSA) is 56.2 Å². The van der Waals surface area contributed by atoms with E-state index in [1.165, 1.54) is 11.1 Å². The number of hydrogen-bond donors (Lipinski definition) is 1. The summed E-state index contributed by atoms with van der Waals surface area (Å²) in [6, 6.07) is 14.2. The highest BCUT2D eigenvalue weighted by molar-refractivity contribution is 5.79. The fourth-order valence-electron chi connectivity index (χ4n) is 3.99. The molecule has 0 aliphatic rings. The van der Waals surface area contributed by atoms with Gasteiger partial charge < -0.3 is 14.6 Å². The monoisotopic (exact) mass is 407 g/mol. The second-order valence-electron chi connectivity index (χ2n) is 8.03. The fraction of sp³-hybridized carbons (Fsp3) is 0.440. The Bertz CT molecular complexity index is 985. The second kappa shape index (κ2) is 9.79. The fourth-order valence-corrected chi connectivity index (χ4v) is 3.99. The van der Waals surface area contributed by atoms with Crippen LogP contribution in [0.25, 0.3) is 11.0 Å². The van der Waals surface area contributed by atoms with E-state index in [2.05, 4.69) is 61.8 Å². The number of para-hydroxylation sites is 2. The number of fused-ring (bicyclic) bond motifs is 1. The number of aryl methyl sites for hydroxylation is 2. The minimum absolute atomic E-state index is 0.0400. The summed E-state index contributed by atoms with van der Waals surface area (Å²) < 4.78 is 8.21. The number of carbonyl (C=O) groups is 1. The first-order valence-corrected chi connectivity index (χ1v) is 10.9. The number of carbonyl (C=O) groups excluding carboxylic acids is 1. The number of benzene rings is 2. The number of rotatable bonds is 9. The van der Waals surface area contributed by atoms with Gasteiger partial charge in [-0.25, -0.2) is 4.98 Å². The highest BCUT2D eigenvalue weighted by Gasteiger charge is 2.21. The summed E-state index contributed by atoms with van der Waals surface area (Å²) in [6.07, 6.45) is 1.68. The Morgan fingerprint density at radius 1 is 1.10 bits per heavy atom. The van der Waals surface area contributed by atoms with Crippen molar-refractivity contribution in [1.29, 1.82) is 0 Å². The van der Waals surface area contributed by atoms with E-state index in [-0.39, 0.29) is 17.9 Å². The van der Waals surface area contributed by atoms with Crippen LogP contribution in [0.1, 0.15) is 56.6 Å². The van der Waals surface area contributed by atoms with Gasteiger partial charge in [0.05, 0.1) is 23.6 Å². The van der Waals surface area contributed by atoms with Gasteiger partial charge in [0.2, 0.25) is 5.91 Å². The van der Waals surface area contributed by atoms with E-state index in [0.29, 0.717) is 13.2 Å². The maximum Gasteiger partial charge on any atom is 0.223 e. The molecule has 5 nitrogen and oxygen atoms in total. The lowest BCUT2D eigenvalue weighted by Crippen LogP contribution is -2.33. The largest absolute Gasteiger partial charge is 0.492 e. The zero-order valence-electron chi connectivity index (χ0n) is 18.7. The number of imidazole rings is 1. The molecule has 0 fully saturated rings. The number of aromatic nitrogens is 2. The molecular weight excluding hydrogens is 374 g/mol. The highest BCUT2D eigenvalue weighted by atomic mass is 16.5. The molecular formula is C25H33N3O2. The van der Waals surface area contributed by atoms with Gasteiger partial charge in [0.25, 0.3) is 0 Å². The van der Waals surface area contributed by atoms with Crippen molar-refractivity contribution in [3.05, 3.63) is 59.4 Å². The maximum absolute atomic E-state index is 12.6. The summed E-state index contributed by atoms with van der Waals surface area (Å²) in [5, 5.41) is 3.16. The normalized spacial score (nSPS) is 12.3. The third-order valence-electron chi connectivity index (χ3n) is 5.57. The predicted molar refractivity (Wildman–Crippen MR) is 122 cm³/mol. The number of ether oxygens (including phenoxy) is 1. The van der Waals surface area contributed by atoms with Gasteiger partial charge in [0.15, 0.2) is 0 Å². The molecule has 3 aromatic rings. The number of amides is 1. The maximum atomic E-state index is 12.6. The van der Waals surface area contributed by atoms with Crippen LogP contribution in [0.3, 0.4) is 0 Å². The molecule has 0 spiro atoms. The molecule has 1 N–H and O–H groups in total. The van der Waals surface area contributed by atoms with Gasteiger partial charge in [-0.3, -0.25) is 4.79 Å². The lowest BCUT2D eigenvalue weighted by Gasteiger charge is -2.19. The Balaban J connectivity index is 1.79. The molecule has 30 heavy (non-hydrogen) atoms. The minimum atomic E-state index is -0.174. The van der Waals surface area contributed by atoms with E-state index >= 15 is 0 Å². The van der Waals surface area contributed by atoms with Gasteiger partial charge in [0.1, 0.15) is 18.2 Å². The van der Waals surface area contributed by atoms with E-state index in [1.54, 1.807) is 0 Å². The zero-order chi connectivity index (χ0) is 21.7. The number of nitrogens with one attached hydrogen (secondary N) is 1. The third kappa shape index (κ3) is 5.02. The van der Waals surface area contributed by atoms with Gasteiger partial charge in [0, 0.05) is 5.92 Å². The van der Waals surface area contributed by atoms with Crippen LogP contribution in [0.2, 0.25) is 0 Å². The smallest absolute Gasteiger partial charge is 0.223 e. The molecule has 1 heterocycles. The summed E-state index contributed by atoms with van der Waals surface area (Å²) in [6.45, 7) is 11.5. The lowest BCUT2D eigenvalue weighted by molar-refractivity contribution is -0.125. The van der Waals surface area contributed by atoms with E-state index in [1.807, 2.05) is 25.1 Å². The Hall–Kier alpha value is -2.82. The van der Waals surface area contributed by atoms with Gasteiger partial charge in [-0.1, -0.05) is 32.0 Å². The molecule has 0 bridgehead atoms. The summed E-state index contributed by atoms with van der Waals surface area (Å²) in [7, 11) is 0. The molecule has 1 amide bonds. The molecule has 0 saturated heterocycles. The molecule has 1 aromatic heterocycles. The molecule has 160 valence electrons. The van der Waals surface area contributed by atoms with Crippen molar-refractivity contribution in [2.24, 2.45) is 5.92 Å². The lowest BCUT2D eigenvalue weighted by atomic mass is 10.0. The highest BCUT2D eigenvalue weighted by Crippen LogP contribution is 2.22. The van der Waals surface area contributed by atoms with Crippen molar-refractivity contribution in [2.75, 3.05) is 6.61 Å². The molecule has 5 heteroatoms. The summed E-state index contributed by atoms with van der Waals surface area (Å²) in [4.78, 5) is 17.4. The third-order valence-corrected chi connectivity index (χ3v) is 5.57. The van der Waals surface area contributed by atoms with Crippen molar-refractivity contribution in [2.45, 2.75) is 60.0 Å². The molecule has 0 radical (unpaired) electrons. The van der Waals surface area contributed by atoms with E-state index in [0.717, 1.165) is 35.4 Å². The van der Waals surface area contributed by atoms with Gasteiger partial charge in [-0.15, -0.1) is 0 Å². The van der Waals surface area contributed by atoms with Crippen LogP contribution in [0.15, 0.2) is 42.5 Å². The van der Waals surface area contributed by atoms with E-state index in [9.17, 15) is 4.79 Å². The summed E-state index contributed by atoms with van der Waals surface area (Å²) >= 11 is 0. The van der Waals surface area contributed by atoms with E-state index in [4.69, 9.17) is 9.72 Å². The van der Waals surface area contributed by atoms with Gasteiger partial charge in [-0.2, -0.15) is 0 Å². The molecule has 3 rings (SSSR count). The summed E-state index contributed by atoms with van der Waals surface area (Å²) in [5.74, 6) is 1.88. The second-order valence-corrected chi connectivity index (χ2v) is 8.03. The number of hydrogen-bond acceptors (Lipinski definition) is 3. The van der Waals surface area contributed by atoms with Crippen LogP contribution in [0.4, 0.5) is 0 Å². The molecule has 0 aliphatic carbocycles. The molecule has 1 atom stereocenters. The SMILES string of the molecule is CCC(CC)C(=O)NC(C)c1nc2ccccc2n1CCOc1cc(C)cc(C)c1. The Morgan fingerprint density at radius 2 is 1.77 bits per heavy atom. The molecule has 2 aromatic carbocycles. The Morgan fingerprint density at radius 3 is 2.43 bits per heavy atom. The first kappa shape index (κ1) is 21.9. The quantitative estimate of drug-likeness (QED) is 0.520. The molecule has 1 unspecified atom stereocenters. The van der Waals surface area contributed by atoms with Crippen LogP contribution in [0, 0.1) is 19.8 Å². The van der Waals surface area contributed by atoms with Crippen molar-refractivity contribution < 1.29 is 9.53 Å². The van der Waals surface area contributed by atoms with Gasteiger partial charge in [-0.05, 0) is 69.0 Å². The molecule has 0 saturated carbocycles. The van der Waals surface area contributed by atoms with Crippen LogP contribution in [-0.2, 0) is 11.3 Å². The van der Waals surface area contributed by atoms with Crippen LogP contribution in [-0.4, -0.2) is 22.1 Å². The van der Waals surface area contributed by atoms with Crippen molar-refractivity contribution in [3.63, 3.8) is 0 Å². The Kier molecular flexibility index (Phi) is 7.14.